The van der Waals surface area contributed by atoms with Crippen molar-refractivity contribution in [3.05, 3.63) is 69.5 Å². The van der Waals surface area contributed by atoms with Gasteiger partial charge in [-0.15, -0.1) is 11.3 Å². The van der Waals surface area contributed by atoms with Gasteiger partial charge in [0.15, 0.2) is 0 Å². The molecule has 26 heavy (non-hydrogen) atoms. The molecule has 0 spiro atoms. The summed E-state index contributed by atoms with van der Waals surface area (Å²) in [6.07, 6.45) is 2.79. The van der Waals surface area contributed by atoms with Crippen LogP contribution in [0, 0.1) is 11.3 Å². The lowest BCUT2D eigenvalue weighted by molar-refractivity contribution is 0.317. The van der Waals surface area contributed by atoms with Crippen molar-refractivity contribution in [2.24, 2.45) is 0 Å². The zero-order chi connectivity index (χ0) is 18.4. The highest BCUT2D eigenvalue weighted by atomic mass is 35.5. The summed E-state index contributed by atoms with van der Waals surface area (Å²) in [5.74, 6) is 0.805. The van der Waals surface area contributed by atoms with Crippen molar-refractivity contribution in [1.29, 1.82) is 5.26 Å². The maximum absolute atomic E-state index is 9.57. The standard InChI is InChI=1S/C21H17ClN2OS/c1-2-10-25-19-5-3-4-15(12-19)11-17(13-23)21-24-20(14-26-21)16-6-8-18(22)9-7-16/h3-9,11-12,14H,2,10H2,1H3/b17-11-. The Bertz CT molecular complexity index is 955. The summed E-state index contributed by atoms with van der Waals surface area (Å²) in [7, 11) is 0. The van der Waals surface area contributed by atoms with E-state index >= 15 is 0 Å². The number of benzene rings is 2. The fourth-order valence-corrected chi connectivity index (χ4v) is 3.29. The quantitative estimate of drug-likeness (QED) is 0.470. The van der Waals surface area contributed by atoms with Gasteiger partial charge in [0, 0.05) is 16.0 Å². The van der Waals surface area contributed by atoms with E-state index in [4.69, 9.17) is 16.3 Å². The lowest BCUT2D eigenvalue weighted by Crippen LogP contribution is -1.94. The highest BCUT2D eigenvalue weighted by molar-refractivity contribution is 7.11. The van der Waals surface area contributed by atoms with E-state index < -0.39 is 0 Å². The first-order valence-electron chi connectivity index (χ1n) is 8.26. The van der Waals surface area contributed by atoms with Crippen LogP contribution in [0.4, 0.5) is 0 Å². The Kier molecular flexibility index (Phi) is 6.06. The second-order valence-electron chi connectivity index (χ2n) is 5.64. The van der Waals surface area contributed by atoms with E-state index in [1.165, 1.54) is 11.3 Å². The second kappa shape index (κ2) is 8.66. The van der Waals surface area contributed by atoms with Crippen molar-refractivity contribution in [2.75, 3.05) is 6.61 Å². The molecule has 5 heteroatoms. The van der Waals surface area contributed by atoms with Gasteiger partial charge in [0.05, 0.1) is 17.9 Å². The molecule has 0 saturated heterocycles. The Labute approximate surface area is 162 Å². The third-order valence-electron chi connectivity index (χ3n) is 3.64. The zero-order valence-corrected chi connectivity index (χ0v) is 15.8. The highest BCUT2D eigenvalue weighted by Crippen LogP contribution is 2.28. The van der Waals surface area contributed by atoms with Gasteiger partial charge in [0.1, 0.15) is 16.8 Å². The molecule has 0 aliphatic carbocycles. The van der Waals surface area contributed by atoms with Crippen LogP contribution in [0.5, 0.6) is 5.75 Å². The molecule has 0 fully saturated rings. The predicted octanol–water partition coefficient (Wildman–Crippen LogP) is 6.32. The molecule has 0 amide bonds. The van der Waals surface area contributed by atoms with Crippen LogP contribution in [-0.4, -0.2) is 11.6 Å². The van der Waals surface area contributed by atoms with Crippen LogP contribution in [0.3, 0.4) is 0 Å². The molecule has 130 valence electrons. The fourth-order valence-electron chi connectivity index (χ4n) is 2.37. The van der Waals surface area contributed by atoms with Crippen molar-refractivity contribution >= 4 is 34.6 Å². The largest absolute Gasteiger partial charge is 0.494 e. The molecule has 3 aromatic rings. The summed E-state index contributed by atoms with van der Waals surface area (Å²) >= 11 is 7.38. The van der Waals surface area contributed by atoms with Gasteiger partial charge < -0.3 is 4.74 Å². The van der Waals surface area contributed by atoms with E-state index in [1.807, 2.05) is 60.0 Å². The molecule has 0 aliphatic heterocycles. The third kappa shape index (κ3) is 4.51. The minimum Gasteiger partial charge on any atom is -0.494 e. The molecule has 3 rings (SSSR count). The Morgan fingerprint density at radius 1 is 1.27 bits per heavy atom. The van der Waals surface area contributed by atoms with Gasteiger partial charge in [-0.25, -0.2) is 4.98 Å². The number of rotatable bonds is 6. The van der Waals surface area contributed by atoms with Crippen LogP contribution >= 0.6 is 22.9 Å². The van der Waals surface area contributed by atoms with Gasteiger partial charge in [-0.2, -0.15) is 5.26 Å². The monoisotopic (exact) mass is 380 g/mol. The third-order valence-corrected chi connectivity index (χ3v) is 4.76. The topological polar surface area (TPSA) is 45.9 Å². The first-order chi connectivity index (χ1) is 12.7. The summed E-state index contributed by atoms with van der Waals surface area (Å²) in [4.78, 5) is 4.60. The van der Waals surface area contributed by atoms with Crippen molar-refractivity contribution in [3.63, 3.8) is 0 Å². The number of nitrogens with zero attached hydrogens (tertiary/aromatic N) is 2. The van der Waals surface area contributed by atoms with Gasteiger partial charge in [0.25, 0.3) is 0 Å². The van der Waals surface area contributed by atoms with Crippen LogP contribution < -0.4 is 4.74 Å². The Hall–Kier alpha value is -2.61. The molecule has 2 aromatic carbocycles. The zero-order valence-electron chi connectivity index (χ0n) is 14.3. The first-order valence-corrected chi connectivity index (χ1v) is 9.52. The van der Waals surface area contributed by atoms with E-state index in [1.54, 1.807) is 0 Å². The van der Waals surface area contributed by atoms with Crippen LogP contribution in [0.2, 0.25) is 5.02 Å². The van der Waals surface area contributed by atoms with Gasteiger partial charge in [-0.1, -0.05) is 42.8 Å². The minimum atomic E-state index is 0.530. The number of nitriles is 1. The van der Waals surface area contributed by atoms with E-state index in [-0.39, 0.29) is 0 Å². The van der Waals surface area contributed by atoms with Crippen molar-refractivity contribution in [1.82, 2.24) is 4.98 Å². The minimum absolute atomic E-state index is 0.530. The lowest BCUT2D eigenvalue weighted by atomic mass is 10.1. The molecule has 0 saturated carbocycles. The molecule has 1 aromatic heterocycles. The van der Waals surface area contributed by atoms with E-state index in [0.717, 1.165) is 29.0 Å². The van der Waals surface area contributed by atoms with E-state index in [0.29, 0.717) is 22.2 Å². The van der Waals surface area contributed by atoms with Crippen molar-refractivity contribution < 1.29 is 4.74 Å². The maximum Gasteiger partial charge on any atom is 0.134 e. The molecule has 3 nitrogen and oxygen atoms in total. The lowest BCUT2D eigenvalue weighted by Gasteiger charge is -2.05. The van der Waals surface area contributed by atoms with Gasteiger partial charge >= 0.3 is 0 Å². The molecule has 0 atom stereocenters. The molecule has 0 aliphatic rings. The number of aromatic nitrogens is 1. The summed E-state index contributed by atoms with van der Waals surface area (Å²) < 4.78 is 5.65. The van der Waals surface area contributed by atoms with Crippen LogP contribution in [0.15, 0.2) is 53.9 Å². The Balaban J connectivity index is 1.86. The average Bonchev–Trinajstić information content (AvgIpc) is 3.15. The molecule has 1 heterocycles. The van der Waals surface area contributed by atoms with Gasteiger partial charge in [-0.05, 0) is 42.3 Å². The summed E-state index contributed by atoms with van der Waals surface area (Å²) in [5.41, 5.74) is 3.26. The molecule has 0 bridgehead atoms. The Morgan fingerprint density at radius 2 is 2.08 bits per heavy atom. The van der Waals surface area contributed by atoms with Crippen molar-refractivity contribution in [2.45, 2.75) is 13.3 Å². The highest BCUT2D eigenvalue weighted by Gasteiger charge is 2.09. The van der Waals surface area contributed by atoms with Crippen LogP contribution in [0.25, 0.3) is 22.9 Å². The van der Waals surface area contributed by atoms with Gasteiger partial charge in [0.2, 0.25) is 0 Å². The second-order valence-corrected chi connectivity index (χ2v) is 6.93. The van der Waals surface area contributed by atoms with Crippen LogP contribution in [0.1, 0.15) is 23.9 Å². The van der Waals surface area contributed by atoms with E-state index in [2.05, 4.69) is 18.0 Å². The van der Waals surface area contributed by atoms with Gasteiger partial charge in [-0.3, -0.25) is 0 Å². The van der Waals surface area contributed by atoms with E-state index in [9.17, 15) is 5.26 Å². The van der Waals surface area contributed by atoms with Crippen molar-refractivity contribution in [3.8, 4) is 23.1 Å². The first kappa shape index (κ1) is 18.2. The smallest absolute Gasteiger partial charge is 0.134 e. The number of halogens is 1. The molecule has 0 N–H and O–H groups in total. The molecular weight excluding hydrogens is 364 g/mol. The summed E-state index contributed by atoms with van der Waals surface area (Å²) in [5, 5.41) is 12.9. The molecular formula is C21H17ClN2OS. The number of hydrogen-bond acceptors (Lipinski definition) is 4. The average molecular weight is 381 g/mol. The summed E-state index contributed by atoms with van der Waals surface area (Å²) in [6, 6.07) is 17.5. The number of thiazole rings is 1. The maximum atomic E-state index is 9.57. The fraction of sp³-hybridized carbons (Fsp3) is 0.143. The molecule has 0 unspecified atom stereocenters. The SMILES string of the molecule is CCCOc1cccc(/C=C(/C#N)c2nc(-c3ccc(Cl)cc3)cs2)c1. The summed E-state index contributed by atoms with van der Waals surface area (Å²) in [6.45, 7) is 2.74. The number of hydrogen-bond donors (Lipinski definition) is 0. The van der Waals surface area contributed by atoms with Crippen LogP contribution in [-0.2, 0) is 0 Å². The number of ether oxygens (including phenoxy) is 1. The predicted molar refractivity (Wildman–Crippen MR) is 108 cm³/mol. The molecule has 0 radical (unpaired) electrons. The normalized spacial score (nSPS) is 11.2. The number of allylic oxidation sites excluding steroid dienone is 1. The Morgan fingerprint density at radius 3 is 2.81 bits per heavy atom.